The molecule has 1 aromatic heterocycles. The molecule has 1 N–H and O–H groups in total. The van der Waals surface area contributed by atoms with E-state index >= 15 is 0 Å². The minimum atomic E-state index is 0.136. The minimum Gasteiger partial charge on any atom is -0.329 e. The van der Waals surface area contributed by atoms with Gasteiger partial charge in [0.1, 0.15) is 0 Å². The van der Waals surface area contributed by atoms with Gasteiger partial charge in [-0.2, -0.15) is 0 Å². The van der Waals surface area contributed by atoms with E-state index < -0.39 is 0 Å². The highest BCUT2D eigenvalue weighted by molar-refractivity contribution is 6.42. The number of benzene rings is 2. The SMILES string of the molecule is CNC(Cn1cnc2ccccc21)c1ccc(Cl)c(Cl)c1. The third-order valence-corrected chi connectivity index (χ3v) is 4.34. The Morgan fingerprint density at radius 2 is 1.95 bits per heavy atom. The molecule has 0 saturated carbocycles. The Kier molecular flexibility index (Phi) is 4.15. The summed E-state index contributed by atoms with van der Waals surface area (Å²) < 4.78 is 2.14. The Balaban J connectivity index is 1.92. The highest BCUT2D eigenvalue weighted by Gasteiger charge is 2.13. The van der Waals surface area contributed by atoms with Crippen molar-refractivity contribution in [2.45, 2.75) is 12.6 Å². The van der Waals surface area contributed by atoms with Crippen LogP contribution in [0.15, 0.2) is 48.8 Å². The first kappa shape index (κ1) is 14.4. The van der Waals surface area contributed by atoms with Gasteiger partial charge >= 0.3 is 0 Å². The van der Waals surface area contributed by atoms with Crippen LogP contribution in [0.1, 0.15) is 11.6 Å². The lowest BCUT2D eigenvalue weighted by atomic mass is 10.1. The third kappa shape index (κ3) is 2.91. The largest absolute Gasteiger partial charge is 0.329 e. The highest BCUT2D eigenvalue weighted by atomic mass is 35.5. The number of para-hydroxylation sites is 2. The molecular weight excluding hydrogens is 305 g/mol. The zero-order chi connectivity index (χ0) is 14.8. The molecule has 5 heteroatoms. The molecule has 3 nitrogen and oxygen atoms in total. The van der Waals surface area contributed by atoms with E-state index in [1.807, 2.05) is 49.8 Å². The van der Waals surface area contributed by atoms with Crippen LogP contribution in [0, 0.1) is 0 Å². The number of imidazole rings is 1. The Morgan fingerprint density at radius 1 is 1.14 bits per heavy atom. The molecule has 0 amide bonds. The molecule has 0 spiro atoms. The van der Waals surface area contributed by atoms with E-state index in [-0.39, 0.29) is 6.04 Å². The van der Waals surface area contributed by atoms with Gasteiger partial charge < -0.3 is 9.88 Å². The van der Waals surface area contributed by atoms with Gasteiger partial charge in [-0.25, -0.2) is 4.98 Å². The van der Waals surface area contributed by atoms with Crippen molar-refractivity contribution in [3.63, 3.8) is 0 Å². The molecule has 0 bridgehead atoms. The molecule has 0 fully saturated rings. The summed E-state index contributed by atoms with van der Waals surface area (Å²) in [5.41, 5.74) is 3.23. The van der Waals surface area contributed by atoms with Crippen molar-refractivity contribution in [2.24, 2.45) is 0 Å². The number of rotatable bonds is 4. The van der Waals surface area contributed by atoms with E-state index in [2.05, 4.69) is 20.9 Å². The quantitative estimate of drug-likeness (QED) is 0.776. The van der Waals surface area contributed by atoms with Crippen LogP contribution in [-0.4, -0.2) is 16.6 Å². The maximum Gasteiger partial charge on any atom is 0.0958 e. The summed E-state index contributed by atoms with van der Waals surface area (Å²) in [6, 6.07) is 14.0. The van der Waals surface area contributed by atoms with Crippen molar-refractivity contribution in [1.29, 1.82) is 0 Å². The second kappa shape index (κ2) is 6.06. The molecule has 2 aromatic carbocycles. The Labute approximate surface area is 133 Å². The van der Waals surface area contributed by atoms with Crippen LogP contribution in [0.4, 0.5) is 0 Å². The first-order chi connectivity index (χ1) is 10.2. The molecule has 0 saturated heterocycles. The zero-order valence-electron chi connectivity index (χ0n) is 11.6. The Morgan fingerprint density at radius 3 is 2.71 bits per heavy atom. The van der Waals surface area contributed by atoms with Gasteiger partial charge in [-0.1, -0.05) is 41.4 Å². The molecule has 1 heterocycles. The van der Waals surface area contributed by atoms with Crippen molar-refractivity contribution in [1.82, 2.24) is 14.9 Å². The number of nitrogens with zero attached hydrogens (tertiary/aromatic N) is 2. The van der Waals surface area contributed by atoms with Crippen LogP contribution in [0.2, 0.25) is 10.0 Å². The average molecular weight is 320 g/mol. The second-order valence-electron chi connectivity index (χ2n) is 4.90. The fourth-order valence-corrected chi connectivity index (χ4v) is 2.75. The smallest absolute Gasteiger partial charge is 0.0958 e. The van der Waals surface area contributed by atoms with Crippen molar-refractivity contribution in [3.8, 4) is 0 Å². The maximum absolute atomic E-state index is 6.11. The van der Waals surface area contributed by atoms with Crippen molar-refractivity contribution < 1.29 is 0 Å². The number of nitrogens with one attached hydrogen (secondary N) is 1. The van der Waals surface area contributed by atoms with E-state index in [1.165, 1.54) is 0 Å². The van der Waals surface area contributed by atoms with Gasteiger partial charge in [-0.05, 0) is 36.9 Å². The molecule has 1 unspecified atom stereocenters. The van der Waals surface area contributed by atoms with Gasteiger partial charge in [0, 0.05) is 6.54 Å². The molecule has 3 rings (SSSR count). The van der Waals surface area contributed by atoms with Crippen LogP contribution >= 0.6 is 23.2 Å². The summed E-state index contributed by atoms with van der Waals surface area (Å²) in [4.78, 5) is 4.42. The lowest BCUT2D eigenvalue weighted by Gasteiger charge is -2.18. The third-order valence-electron chi connectivity index (χ3n) is 3.60. The predicted molar refractivity (Wildman–Crippen MR) is 88.0 cm³/mol. The predicted octanol–water partition coefficient (Wildman–Crippen LogP) is 4.30. The summed E-state index contributed by atoms with van der Waals surface area (Å²) in [5.74, 6) is 0. The monoisotopic (exact) mass is 319 g/mol. The summed E-state index contributed by atoms with van der Waals surface area (Å²) in [7, 11) is 1.94. The number of hydrogen-bond donors (Lipinski definition) is 1. The number of fused-ring (bicyclic) bond motifs is 1. The molecule has 0 radical (unpaired) electrons. The molecule has 21 heavy (non-hydrogen) atoms. The molecule has 108 valence electrons. The van der Waals surface area contributed by atoms with Crippen molar-refractivity contribution in [3.05, 3.63) is 64.4 Å². The Hall–Kier alpha value is -1.55. The topological polar surface area (TPSA) is 29.9 Å². The summed E-state index contributed by atoms with van der Waals surface area (Å²) >= 11 is 12.1. The van der Waals surface area contributed by atoms with E-state index in [0.717, 1.165) is 23.1 Å². The summed E-state index contributed by atoms with van der Waals surface area (Å²) in [6.45, 7) is 0.773. The first-order valence-corrected chi connectivity index (χ1v) is 7.46. The first-order valence-electron chi connectivity index (χ1n) is 6.71. The maximum atomic E-state index is 6.11. The normalized spacial score (nSPS) is 12.7. The lowest BCUT2D eigenvalue weighted by Crippen LogP contribution is -2.21. The van der Waals surface area contributed by atoms with Crippen molar-refractivity contribution in [2.75, 3.05) is 7.05 Å². The van der Waals surface area contributed by atoms with Crippen LogP contribution in [0.5, 0.6) is 0 Å². The standard InChI is InChI=1S/C16H15Cl2N3/c1-19-15(11-6-7-12(17)13(18)8-11)9-21-10-20-14-4-2-3-5-16(14)21/h2-8,10,15,19H,9H2,1H3. The van der Waals surface area contributed by atoms with Crippen molar-refractivity contribution >= 4 is 34.2 Å². The lowest BCUT2D eigenvalue weighted by molar-refractivity contribution is 0.508. The van der Waals surface area contributed by atoms with E-state index in [4.69, 9.17) is 23.2 Å². The van der Waals surface area contributed by atoms with E-state index in [9.17, 15) is 0 Å². The van der Waals surface area contributed by atoms with Gasteiger partial charge in [0.15, 0.2) is 0 Å². The molecule has 3 aromatic rings. The van der Waals surface area contributed by atoms with Crippen LogP contribution in [0.3, 0.4) is 0 Å². The van der Waals surface area contributed by atoms with Crippen LogP contribution in [0.25, 0.3) is 11.0 Å². The van der Waals surface area contributed by atoms with Gasteiger partial charge in [0.2, 0.25) is 0 Å². The molecule has 0 aliphatic rings. The molecule has 1 atom stereocenters. The van der Waals surface area contributed by atoms with Gasteiger partial charge in [-0.15, -0.1) is 0 Å². The van der Waals surface area contributed by atoms with Gasteiger partial charge in [0.05, 0.1) is 33.4 Å². The molecular formula is C16H15Cl2N3. The summed E-state index contributed by atoms with van der Waals surface area (Å²) in [6.07, 6.45) is 1.87. The number of halogens is 2. The highest BCUT2D eigenvalue weighted by Crippen LogP contribution is 2.26. The zero-order valence-corrected chi connectivity index (χ0v) is 13.1. The van der Waals surface area contributed by atoms with Gasteiger partial charge in [0.25, 0.3) is 0 Å². The second-order valence-corrected chi connectivity index (χ2v) is 5.71. The average Bonchev–Trinajstić information content (AvgIpc) is 2.91. The number of hydrogen-bond acceptors (Lipinski definition) is 2. The minimum absolute atomic E-state index is 0.136. The molecule has 0 aliphatic heterocycles. The summed E-state index contributed by atoms with van der Waals surface area (Å²) in [5, 5.41) is 4.46. The van der Waals surface area contributed by atoms with Crippen LogP contribution < -0.4 is 5.32 Å². The fraction of sp³-hybridized carbons (Fsp3) is 0.188. The number of aromatic nitrogens is 2. The molecule has 0 aliphatic carbocycles. The number of likely N-dealkylation sites (N-methyl/N-ethyl adjacent to an activating group) is 1. The fourth-order valence-electron chi connectivity index (χ4n) is 2.44. The van der Waals surface area contributed by atoms with Gasteiger partial charge in [-0.3, -0.25) is 0 Å². The van der Waals surface area contributed by atoms with E-state index in [1.54, 1.807) is 0 Å². The van der Waals surface area contributed by atoms with E-state index in [0.29, 0.717) is 10.0 Å². The Bertz CT molecular complexity index is 767. The van der Waals surface area contributed by atoms with Crippen LogP contribution in [-0.2, 0) is 6.54 Å².